The summed E-state index contributed by atoms with van der Waals surface area (Å²) < 4.78 is 42.8. The molecule has 2 rings (SSSR count). The van der Waals surface area contributed by atoms with Gasteiger partial charge in [0.25, 0.3) is 5.91 Å². The van der Waals surface area contributed by atoms with Gasteiger partial charge in [0.15, 0.2) is 6.10 Å². The van der Waals surface area contributed by atoms with E-state index in [0.29, 0.717) is 0 Å². The molecule has 9 heteroatoms. The first-order chi connectivity index (χ1) is 9.75. The van der Waals surface area contributed by atoms with Crippen molar-refractivity contribution in [1.29, 1.82) is 0 Å². The highest BCUT2D eigenvalue weighted by atomic mass is 19.4. The van der Waals surface area contributed by atoms with Crippen molar-refractivity contribution in [2.24, 2.45) is 0 Å². The summed E-state index contributed by atoms with van der Waals surface area (Å²) in [7, 11) is 0. The standard InChI is InChI=1S/C12H12F3N3O3/c1-6(19)17-10-4-7(2-3-16-10)21-8-5-9(12(13,14)15)18-11(8)20/h2-4,8-9H,5H2,1H3,(H,18,20)(H,16,17,19)/t8-,9+/m1/s1. The molecule has 0 spiro atoms. The van der Waals surface area contributed by atoms with Gasteiger partial charge in [-0.1, -0.05) is 0 Å². The van der Waals surface area contributed by atoms with Crippen molar-refractivity contribution in [2.45, 2.75) is 31.7 Å². The topological polar surface area (TPSA) is 80.3 Å². The zero-order valence-electron chi connectivity index (χ0n) is 10.9. The Hall–Kier alpha value is -2.32. The summed E-state index contributed by atoms with van der Waals surface area (Å²) in [5, 5.41) is 4.24. The van der Waals surface area contributed by atoms with Gasteiger partial charge in [-0.3, -0.25) is 9.59 Å². The van der Waals surface area contributed by atoms with Gasteiger partial charge in [0, 0.05) is 25.6 Å². The molecule has 1 aliphatic heterocycles. The highest BCUT2D eigenvalue weighted by Gasteiger charge is 2.48. The highest BCUT2D eigenvalue weighted by Crippen LogP contribution is 2.29. The molecular weight excluding hydrogens is 291 g/mol. The van der Waals surface area contributed by atoms with E-state index in [9.17, 15) is 22.8 Å². The summed E-state index contributed by atoms with van der Waals surface area (Å²) in [4.78, 5) is 26.2. The fourth-order valence-corrected chi connectivity index (χ4v) is 1.86. The van der Waals surface area contributed by atoms with Crippen LogP contribution in [-0.4, -0.2) is 35.1 Å². The summed E-state index contributed by atoms with van der Waals surface area (Å²) >= 11 is 0. The van der Waals surface area contributed by atoms with Crippen LogP contribution in [-0.2, 0) is 9.59 Å². The van der Waals surface area contributed by atoms with Crippen LogP contribution in [0.5, 0.6) is 5.75 Å². The quantitative estimate of drug-likeness (QED) is 0.880. The number of anilines is 1. The predicted octanol–water partition coefficient (Wildman–Crippen LogP) is 1.24. The normalized spacial score (nSPS) is 21.8. The number of halogens is 3. The van der Waals surface area contributed by atoms with Crippen molar-refractivity contribution < 1.29 is 27.5 Å². The highest BCUT2D eigenvalue weighted by molar-refractivity contribution is 5.87. The SMILES string of the molecule is CC(=O)Nc1cc(O[C@@H]2C[C@@H](C(F)(F)F)NC2=O)ccn1. The van der Waals surface area contributed by atoms with Gasteiger partial charge in [-0.15, -0.1) is 0 Å². The molecule has 2 amide bonds. The lowest BCUT2D eigenvalue weighted by atomic mass is 10.2. The number of hydrogen-bond donors (Lipinski definition) is 2. The molecule has 21 heavy (non-hydrogen) atoms. The minimum absolute atomic E-state index is 0.150. The fraction of sp³-hybridized carbons (Fsp3) is 0.417. The number of carbonyl (C=O) groups excluding carboxylic acids is 2. The molecule has 1 aromatic heterocycles. The molecule has 2 atom stereocenters. The van der Waals surface area contributed by atoms with Crippen molar-refractivity contribution in [3.8, 4) is 5.75 Å². The maximum absolute atomic E-state index is 12.5. The number of nitrogens with one attached hydrogen (secondary N) is 2. The molecule has 0 radical (unpaired) electrons. The third-order valence-corrected chi connectivity index (χ3v) is 2.77. The Morgan fingerprint density at radius 2 is 2.24 bits per heavy atom. The van der Waals surface area contributed by atoms with Crippen LogP contribution in [0.3, 0.4) is 0 Å². The molecule has 6 nitrogen and oxygen atoms in total. The first-order valence-corrected chi connectivity index (χ1v) is 6.03. The molecule has 2 N–H and O–H groups in total. The molecule has 1 saturated heterocycles. The zero-order chi connectivity index (χ0) is 15.6. The lowest BCUT2D eigenvalue weighted by molar-refractivity contribution is -0.155. The van der Waals surface area contributed by atoms with Gasteiger partial charge in [-0.05, 0) is 6.07 Å². The Kier molecular flexibility index (Phi) is 4.01. The van der Waals surface area contributed by atoms with Crippen LogP contribution in [0, 0.1) is 0 Å². The summed E-state index contributed by atoms with van der Waals surface area (Å²) in [5.74, 6) is -0.840. The van der Waals surface area contributed by atoms with Crippen molar-refractivity contribution in [3.05, 3.63) is 18.3 Å². The number of ether oxygens (including phenoxy) is 1. The summed E-state index contributed by atoms with van der Waals surface area (Å²) in [6.45, 7) is 1.29. The molecule has 114 valence electrons. The summed E-state index contributed by atoms with van der Waals surface area (Å²) in [6.07, 6.45) is -4.92. The molecule has 1 fully saturated rings. The van der Waals surface area contributed by atoms with Gasteiger partial charge < -0.3 is 15.4 Å². The van der Waals surface area contributed by atoms with Crippen LogP contribution in [0.2, 0.25) is 0 Å². The van der Waals surface area contributed by atoms with Gasteiger partial charge in [-0.25, -0.2) is 4.98 Å². The average molecular weight is 303 g/mol. The average Bonchev–Trinajstić information content (AvgIpc) is 2.70. The van der Waals surface area contributed by atoms with E-state index in [-0.39, 0.29) is 17.5 Å². The number of aromatic nitrogens is 1. The van der Waals surface area contributed by atoms with E-state index in [1.807, 2.05) is 5.32 Å². The van der Waals surface area contributed by atoms with Crippen LogP contribution in [0.15, 0.2) is 18.3 Å². The molecule has 0 unspecified atom stereocenters. The fourth-order valence-electron chi connectivity index (χ4n) is 1.86. The van der Waals surface area contributed by atoms with E-state index in [4.69, 9.17) is 4.74 Å². The third kappa shape index (κ3) is 3.83. The second kappa shape index (κ2) is 5.58. The number of rotatable bonds is 3. The van der Waals surface area contributed by atoms with Gasteiger partial charge in [-0.2, -0.15) is 13.2 Å². The van der Waals surface area contributed by atoms with Crippen LogP contribution in [0.1, 0.15) is 13.3 Å². The van der Waals surface area contributed by atoms with E-state index in [1.165, 1.54) is 25.3 Å². The van der Waals surface area contributed by atoms with E-state index in [2.05, 4.69) is 10.3 Å². The largest absolute Gasteiger partial charge is 0.480 e. The number of hydrogen-bond acceptors (Lipinski definition) is 4. The minimum Gasteiger partial charge on any atom is -0.480 e. The lowest BCUT2D eigenvalue weighted by Crippen LogP contribution is -2.38. The minimum atomic E-state index is -4.51. The monoisotopic (exact) mass is 303 g/mol. The predicted molar refractivity (Wildman–Crippen MR) is 65.6 cm³/mol. The second-order valence-electron chi connectivity index (χ2n) is 4.50. The Bertz CT molecular complexity index is 562. The van der Waals surface area contributed by atoms with Crippen LogP contribution in [0.4, 0.5) is 19.0 Å². The number of pyridine rings is 1. The van der Waals surface area contributed by atoms with E-state index >= 15 is 0 Å². The number of amides is 2. The molecule has 1 aliphatic rings. The van der Waals surface area contributed by atoms with Gasteiger partial charge in [0.2, 0.25) is 5.91 Å². The molecule has 1 aromatic rings. The van der Waals surface area contributed by atoms with Crippen LogP contribution in [0.25, 0.3) is 0 Å². The molecule has 0 saturated carbocycles. The van der Waals surface area contributed by atoms with Crippen molar-refractivity contribution in [2.75, 3.05) is 5.32 Å². The van der Waals surface area contributed by atoms with E-state index in [0.717, 1.165) is 0 Å². The smallest absolute Gasteiger partial charge is 0.408 e. The van der Waals surface area contributed by atoms with Gasteiger partial charge in [0.1, 0.15) is 17.6 Å². The van der Waals surface area contributed by atoms with Gasteiger partial charge >= 0.3 is 6.18 Å². The van der Waals surface area contributed by atoms with E-state index in [1.54, 1.807) is 0 Å². The summed E-state index contributed by atoms with van der Waals surface area (Å²) in [5.41, 5.74) is 0. The lowest BCUT2D eigenvalue weighted by Gasteiger charge is -2.14. The number of carbonyl (C=O) groups is 2. The van der Waals surface area contributed by atoms with Crippen molar-refractivity contribution >= 4 is 17.6 Å². The second-order valence-corrected chi connectivity index (χ2v) is 4.50. The van der Waals surface area contributed by atoms with E-state index < -0.39 is 30.7 Å². The zero-order valence-corrected chi connectivity index (χ0v) is 10.9. The maximum Gasteiger partial charge on any atom is 0.408 e. The van der Waals surface area contributed by atoms with Crippen molar-refractivity contribution in [1.82, 2.24) is 10.3 Å². The Labute approximate surface area is 117 Å². The Morgan fingerprint density at radius 3 is 2.81 bits per heavy atom. The van der Waals surface area contributed by atoms with Crippen molar-refractivity contribution in [3.63, 3.8) is 0 Å². The molecule has 0 aliphatic carbocycles. The number of nitrogens with zero attached hydrogens (tertiary/aromatic N) is 1. The number of alkyl halides is 3. The molecule has 0 bridgehead atoms. The molecule has 0 aromatic carbocycles. The first-order valence-electron chi connectivity index (χ1n) is 6.03. The third-order valence-electron chi connectivity index (χ3n) is 2.77. The molecular formula is C12H12F3N3O3. The van der Waals surface area contributed by atoms with Crippen LogP contribution < -0.4 is 15.4 Å². The summed E-state index contributed by atoms with van der Waals surface area (Å²) in [6, 6.07) is 0.807. The Morgan fingerprint density at radius 1 is 1.52 bits per heavy atom. The maximum atomic E-state index is 12.5. The first kappa shape index (κ1) is 15.1. The Balaban J connectivity index is 2.05. The van der Waals surface area contributed by atoms with Gasteiger partial charge in [0.05, 0.1) is 0 Å². The molecule has 2 heterocycles. The van der Waals surface area contributed by atoms with Crippen LogP contribution >= 0.6 is 0 Å².